The molecule has 1 heterocycles. The number of carbonyl (C=O) groups is 2. The summed E-state index contributed by atoms with van der Waals surface area (Å²) in [6.45, 7) is 16.3. The van der Waals surface area contributed by atoms with Crippen molar-refractivity contribution >= 4 is 11.6 Å². The molecule has 0 aromatic carbocycles. The zero-order valence-corrected chi connectivity index (χ0v) is 23.6. The first-order valence-corrected chi connectivity index (χ1v) is 14.2. The molecule has 36 heavy (non-hydrogen) atoms. The number of fused-ring (bicyclic) bond motifs is 5. The third kappa shape index (κ3) is 3.11. The van der Waals surface area contributed by atoms with Crippen LogP contribution in [-0.2, 0) is 14.3 Å². The van der Waals surface area contributed by atoms with Gasteiger partial charge in [0.25, 0.3) is 0 Å². The molecule has 1 saturated heterocycles. The van der Waals surface area contributed by atoms with Gasteiger partial charge in [-0.2, -0.15) is 0 Å². The molecule has 0 amide bonds. The van der Waals surface area contributed by atoms with Crippen molar-refractivity contribution in [2.75, 3.05) is 0 Å². The van der Waals surface area contributed by atoms with E-state index in [0.717, 1.165) is 19.3 Å². The minimum absolute atomic E-state index is 0.0154. The Kier molecular flexibility index (Phi) is 5.68. The van der Waals surface area contributed by atoms with Crippen LogP contribution in [0.15, 0.2) is 0 Å². The average molecular weight is 505 g/mol. The standard InChI is InChI=1S/C30H48O6/c1-25(2)10-9-11-28(6,36-25)16-12-22(35)30(8)23(16)17(31)13-19-27(30,5)15-18(32)24-26(3,4)20(33)14-21(34)29(19,24)7/h16-17,19,21-24,31,34-35H,9-15H2,1-8H3/t16?,17-,19?,21+,22+,23?,24?,27-,28-,29+,30-/m1/s1. The molecule has 0 aromatic rings. The van der Waals surface area contributed by atoms with Crippen LogP contribution in [-0.4, -0.2) is 56.4 Å². The smallest absolute Gasteiger partial charge is 0.141 e. The SMILES string of the molecule is CC1(C)CCC[C@](C)(C2C[C@H](O)[C@]3(C)C2[C@H](O)CC2[C@]4(C)C(C(=O)C[C@]23C)C(C)(C)C(=O)C[C@@H]4O)O1. The lowest BCUT2D eigenvalue weighted by Crippen LogP contribution is -2.72. The average Bonchev–Trinajstić information content (AvgIpc) is 3.01. The fraction of sp³-hybridized carbons (Fsp3) is 0.933. The van der Waals surface area contributed by atoms with Crippen LogP contribution in [0, 0.1) is 45.3 Å². The van der Waals surface area contributed by atoms with Gasteiger partial charge in [0.2, 0.25) is 0 Å². The molecule has 204 valence electrons. The molecule has 11 atom stereocenters. The van der Waals surface area contributed by atoms with Crippen molar-refractivity contribution in [3.05, 3.63) is 0 Å². The van der Waals surface area contributed by atoms with Gasteiger partial charge in [0, 0.05) is 35.0 Å². The Morgan fingerprint density at radius 3 is 2.11 bits per heavy atom. The minimum atomic E-state index is -0.946. The van der Waals surface area contributed by atoms with Crippen molar-refractivity contribution in [3.63, 3.8) is 0 Å². The Bertz CT molecular complexity index is 972. The normalized spacial score (nSPS) is 56.0. The van der Waals surface area contributed by atoms with Crippen LogP contribution in [0.3, 0.4) is 0 Å². The molecular formula is C30H48O6. The van der Waals surface area contributed by atoms with Crippen molar-refractivity contribution in [2.24, 2.45) is 45.3 Å². The summed E-state index contributed by atoms with van der Waals surface area (Å²) in [5, 5.41) is 35.2. The van der Waals surface area contributed by atoms with Gasteiger partial charge >= 0.3 is 0 Å². The zero-order chi connectivity index (χ0) is 26.9. The molecule has 4 saturated carbocycles. The van der Waals surface area contributed by atoms with Gasteiger partial charge in [-0.25, -0.2) is 0 Å². The Morgan fingerprint density at radius 2 is 1.50 bits per heavy atom. The lowest BCUT2D eigenvalue weighted by atomic mass is 9.34. The summed E-state index contributed by atoms with van der Waals surface area (Å²) in [7, 11) is 0. The monoisotopic (exact) mass is 504 g/mol. The molecule has 4 unspecified atom stereocenters. The highest BCUT2D eigenvalue weighted by Crippen LogP contribution is 2.75. The van der Waals surface area contributed by atoms with E-state index in [2.05, 4.69) is 34.6 Å². The first kappa shape index (κ1) is 26.8. The second-order valence-corrected chi connectivity index (χ2v) is 15.3. The summed E-state index contributed by atoms with van der Waals surface area (Å²) in [5.41, 5.74) is -3.76. The lowest BCUT2D eigenvalue weighted by molar-refractivity contribution is -0.263. The van der Waals surface area contributed by atoms with Crippen molar-refractivity contribution < 1.29 is 29.6 Å². The Hall–Kier alpha value is -0.820. The highest BCUT2D eigenvalue weighted by Gasteiger charge is 2.77. The summed E-state index contributed by atoms with van der Waals surface area (Å²) in [5.74, 6) is -1.09. The number of carbonyl (C=O) groups excluding carboxylic acids is 2. The van der Waals surface area contributed by atoms with Crippen molar-refractivity contribution in [1.82, 2.24) is 0 Å². The second kappa shape index (κ2) is 7.64. The quantitative estimate of drug-likeness (QED) is 0.497. The Morgan fingerprint density at radius 1 is 0.861 bits per heavy atom. The predicted octanol–water partition coefficient (Wildman–Crippen LogP) is 4.07. The Balaban J connectivity index is 1.62. The molecule has 1 aliphatic heterocycles. The first-order chi connectivity index (χ1) is 16.4. The van der Waals surface area contributed by atoms with E-state index in [0.29, 0.717) is 12.8 Å². The summed E-state index contributed by atoms with van der Waals surface area (Å²) in [6.07, 6.45) is 1.89. The Labute approximate surface area is 216 Å². The van der Waals surface area contributed by atoms with Crippen LogP contribution in [0.2, 0.25) is 0 Å². The van der Waals surface area contributed by atoms with Gasteiger partial charge in [-0.1, -0.05) is 34.6 Å². The number of hydrogen-bond donors (Lipinski definition) is 3. The second-order valence-electron chi connectivity index (χ2n) is 15.3. The summed E-state index contributed by atoms with van der Waals surface area (Å²) >= 11 is 0. The number of rotatable bonds is 1. The van der Waals surface area contributed by atoms with E-state index < -0.39 is 51.5 Å². The zero-order valence-electron chi connectivity index (χ0n) is 23.6. The van der Waals surface area contributed by atoms with E-state index >= 15 is 0 Å². The summed E-state index contributed by atoms with van der Waals surface area (Å²) < 4.78 is 6.72. The van der Waals surface area contributed by atoms with Crippen LogP contribution in [0.25, 0.3) is 0 Å². The predicted molar refractivity (Wildman–Crippen MR) is 136 cm³/mol. The third-order valence-electron chi connectivity index (χ3n) is 12.7. The maximum absolute atomic E-state index is 14.0. The van der Waals surface area contributed by atoms with E-state index in [-0.39, 0.29) is 47.8 Å². The molecule has 6 nitrogen and oxygen atoms in total. The van der Waals surface area contributed by atoms with E-state index in [1.54, 1.807) is 0 Å². The maximum Gasteiger partial charge on any atom is 0.141 e. The highest BCUT2D eigenvalue weighted by molar-refractivity contribution is 5.95. The van der Waals surface area contributed by atoms with Gasteiger partial charge in [0.15, 0.2) is 0 Å². The van der Waals surface area contributed by atoms with E-state index in [1.165, 1.54) is 0 Å². The minimum Gasteiger partial charge on any atom is -0.393 e. The van der Waals surface area contributed by atoms with Crippen LogP contribution in [0.1, 0.15) is 100 Å². The van der Waals surface area contributed by atoms with Crippen LogP contribution in [0.5, 0.6) is 0 Å². The summed E-state index contributed by atoms with van der Waals surface area (Å²) in [6, 6.07) is 0. The molecule has 0 bridgehead atoms. The summed E-state index contributed by atoms with van der Waals surface area (Å²) in [4.78, 5) is 27.0. The van der Waals surface area contributed by atoms with Gasteiger partial charge in [-0.05, 0) is 76.0 Å². The molecule has 0 spiro atoms. The highest BCUT2D eigenvalue weighted by atomic mass is 16.5. The fourth-order valence-corrected chi connectivity index (χ4v) is 10.9. The van der Waals surface area contributed by atoms with Gasteiger partial charge in [-0.15, -0.1) is 0 Å². The maximum atomic E-state index is 14.0. The molecule has 4 aliphatic carbocycles. The number of ketones is 2. The number of hydrogen-bond acceptors (Lipinski definition) is 6. The molecule has 6 heteroatoms. The first-order valence-electron chi connectivity index (χ1n) is 14.2. The fourth-order valence-electron chi connectivity index (χ4n) is 10.9. The van der Waals surface area contributed by atoms with Crippen molar-refractivity contribution in [1.29, 1.82) is 0 Å². The third-order valence-corrected chi connectivity index (χ3v) is 12.7. The van der Waals surface area contributed by atoms with Crippen LogP contribution in [0.4, 0.5) is 0 Å². The number of aliphatic hydroxyl groups excluding tert-OH is 3. The van der Waals surface area contributed by atoms with Crippen molar-refractivity contribution in [3.8, 4) is 0 Å². The van der Waals surface area contributed by atoms with Gasteiger partial charge < -0.3 is 20.1 Å². The molecule has 3 N–H and O–H groups in total. The molecular weight excluding hydrogens is 456 g/mol. The molecule has 5 rings (SSSR count). The molecule has 0 radical (unpaired) electrons. The molecule has 5 fully saturated rings. The van der Waals surface area contributed by atoms with Crippen molar-refractivity contribution in [2.45, 2.75) is 130 Å². The largest absolute Gasteiger partial charge is 0.393 e. The number of Topliss-reactive ketones (excluding diaryl/α,β-unsaturated/α-hetero) is 2. The number of aliphatic hydroxyl groups is 3. The van der Waals surface area contributed by atoms with Gasteiger partial charge in [-0.3, -0.25) is 9.59 Å². The van der Waals surface area contributed by atoms with Crippen LogP contribution < -0.4 is 0 Å². The van der Waals surface area contributed by atoms with Gasteiger partial charge in [0.1, 0.15) is 11.6 Å². The van der Waals surface area contributed by atoms with E-state index in [9.17, 15) is 24.9 Å². The van der Waals surface area contributed by atoms with Gasteiger partial charge in [0.05, 0.1) is 29.5 Å². The topological polar surface area (TPSA) is 104 Å². The molecule has 5 aliphatic rings. The molecule has 0 aromatic heterocycles. The lowest BCUT2D eigenvalue weighted by Gasteiger charge is -2.70. The van der Waals surface area contributed by atoms with E-state index in [1.807, 2.05) is 20.8 Å². The van der Waals surface area contributed by atoms with Crippen LogP contribution >= 0.6 is 0 Å². The van der Waals surface area contributed by atoms with E-state index in [4.69, 9.17) is 4.74 Å². The number of ether oxygens (including phenoxy) is 1.